The number of nitrogens with two attached hydrogens (primary N) is 1. The summed E-state index contributed by atoms with van der Waals surface area (Å²) in [6.07, 6.45) is 0. The van der Waals surface area contributed by atoms with Crippen LogP contribution >= 0.6 is 12.4 Å². The average molecular weight is 362 g/mol. The largest absolute Gasteiger partial charge is 0.355 e. The zero-order valence-electron chi connectivity index (χ0n) is 14.4. The fraction of sp³-hybridized carbons (Fsp3) is 0.263. The van der Waals surface area contributed by atoms with Gasteiger partial charge in [0.25, 0.3) is 5.91 Å². The van der Waals surface area contributed by atoms with Gasteiger partial charge in [-0.15, -0.1) is 12.4 Å². The van der Waals surface area contributed by atoms with Gasteiger partial charge in [-0.1, -0.05) is 49.4 Å². The van der Waals surface area contributed by atoms with Crippen molar-refractivity contribution in [1.29, 1.82) is 0 Å². The van der Waals surface area contributed by atoms with E-state index >= 15 is 0 Å². The molecule has 2 aromatic rings. The number of amides is 2. The van der Waals surface area contributed by atoms with Crippen molar-refractivity contribution in [3.05, 3.63) is 71.3 Å². The third kappa shape index (κ3) is 5.59. The summed E-state index contributed by atoms with van der Waals surface area (Å²) >= 11 is 0. The highest BCUT2D eigenvalue weighted by Gasteiger charge is 2.21. The van der Waals surface area contributed by atoms with Crippen molar-refractivity contribution >= 4 is 24.2 Å². The standard InChI is InChI=1S/C19H23N3O2.ClH/c1-13(17(20)15-8-4-3-5-9-15)18(23)22-12-14-7-6-10-16(11-14)19(24)21-2;/h3-11,13,17H,12,20H2,1-2H3,(H,21,24)(H,22,23);1H. The number of carbonyl (C=O) groups is 2. The van der Waals surface area contributed by atoms with Crippen molar-refractivity contribution in [3.8, 4) is 0 Å². The molecule has 0 aliphatic rings. The number of carbonyl (C=O) groups excluding carboxylic acids is 2. The molecule has 0 spiro atoms. The van der Waals surface area contributed by atoms with Gasteiger partial charge in [0.15, 0.2) is 0 Å². The number of hydrogen-bond acceptors (Lipinski definition) is 3. The normalized spacial score (nSPS) is 12.4. The molecule has 2 amide bonds. The second-order valence-corrected chi connectivity index (χ2v) is 5.72. The Morgan fingerprint density at radius 2 is 1.76 bits per heavy atom. The second kappa shape index (κ2) is 9.81. The van der Waals surface area contributed by atoms with E-state index in [4.69, 9.17) is 5.73 Å². The Kier molecular flexibility index (Phi) is 8.11. The first-order valence-electron chi connectivity index (χ1n) is 7.92. The predicted octanol–water partition coefficient (Wildman–Crippen LogP) is 2.42. The smallest absolute Gasteiger partial charge is 0.251 e. The second-order valence-electron chi connectivity index (χ2n) is 5.72. The first kappa shape index (κ1) is 20.7. The highest BCUT2D eigenvalue weighted by atomic mass is 35.5. The molecular formula is C19H24ClN3O2. The van der Waals surface area contributed by atoms with Crippen LogP contribution in [0.1, 0.15) is 34.5 Å². The molecule has 25 heavy (non-hydrogen) atoms. The number of hydrogen-bond donors (Lipinski definition) is 3. The van der Waals surface area contributed by atoms with Crippen LogP contribution in [0.15, 0.2) is 54.6 Å². The number of nitrogens with one attached hydrogen (secondary N) is 2. The van der Waals surface area contributed by atoms with E-state index in [1.165, 1.54) is 0 Å². The van der Waals surface area contributed by atoms with Gasteiger partial charge in [0.05, 0.1) is 5.92 Å². The Morgan fingerprint density at radius 1 is 1.08 bits per heavy atom. The fourth-order valence-corrected chi connectivity index (χ4v) is 2.44. The fourth-order valence-electron chi connectivity index (χ4n) is 2.44. The molecule has 0 bridgehead atoms. The quantitative estimate of drug-likeness (QED) is 0.738. The van der Waals surface area contributed by atoms with Crippen LogP contribution in [0, 0.1) is 5.92 Å². The van der Waals surface area contributed by atoms with Gasteiger partial charge in [-0.2, -0.15) is 0 Å². The molecule has 134 valence electrons. The summed E-state index contributed by atoms with van der Waals surface area (Å²) in [4.78, 5) is 24.0. The summed E-state index contributed by atoms with van der Waals surface area (Å²) in [7, 11) is 1.59. The zero-order chi connectivity index (χ0) is 17.5. The van der Waals surface area contributed by atoms with Crippen LogP contribution in [0.25, 0.3) is 0 Å². The van der Waals surface area contributed by atoms with Crippen molar-refractivity contribution in [3.63, 3.8) is 0 Å². The van der Waals surface area contributed by atoms with Crippen LogP contribution in [0.3, 0.4) is 0 Å². The maximum Gasteiger partial charge on any atom is 0.251 e. The molecule has 0 heterocycles. The minimum Gasteiger partial charge on any atom is -0.355 e. The summed E-state index contributed by atoms with van der Waals surface area (Å²) in [6.45, 7) is 2.17. The van der Waals surface area contributed by atoms with Crippen molar-refractivity contribution in [2.45, 2.75) is 19.5 Å². The molecule has 0 aliphatic carbocycles. The molecule has 2 rings (SSSR count). The Hall–Kier alpha value is -2.37. The molecule has 2 atom stereocenters. The highest BCUT2D eigenvalue weighted by Crippen LogP contribution is 2.19. The van der Waals surface area contributed by atoms with Gasteiger partial charge in [-0.3, -0.25) is 9.59 Å². The van der Waals surface area contributed by atoms with Crippen molar-refractivity contribution < 1.29 is 9.59 Å². The number of halogens is 1. The van der Waals surface area contributed by atoms with Crippen molar-refractivity contribution in [2.24, 2.45) is 11.7 Å². The van der Waals surface area contributed by atoms with E-state index in [1.807, 2.05) is 43.3 Å². The van der Waals surface area contributed by atoms with Crippen molar-refractivity contribution in [1.82, 2.24) is 10.6 Å². The van der Waals surface area contributed by atoms with E-state index in [0.29, 0.717) is 12.1 Å². The van der Waals surface area contributed by atoms with Crippen LogP contribution in [0.4, 0.5) is 0 Å². The van der Waals surface area contributed by atoms with E-state index in [1.54, 1.807) is 25.2 Å². The molecule has 6 heteroatoms. The van der Waals surface area contributed by atoms with Crippen LogP contribution in [0.2, 0.25) is 0 Å². The van der Waals surface area contributed by atoms with Gasteiger partial charge in [-0.05, 0) is 23.3 Å². The minimum absolute atomic E-state index is 0. The zero-order valence-corrected chi connectivity index (χ0v) is 15.2. The molecule has 5 nitrogen and oxygen atoms in total. The lowest BCUT2D eigenvalue weighted by Crippen LogP contribution is -2.35. The summed E-state index contributed by atoms with van der Waals surface area (Å²) < 4.78 is 0. The predicted molar refractivity (Wildman–Crippen MR) is 101 cm³/mol. The maximum absolute atomic E-state index is 12.3. The number of benzene rings is 2. The molecular weight excluding hydrogens is 338 g/mol. The molecule has 0 aliphatic heterocycles. The van der Waals surface area contributed by atoms with E-state index in [2.05, 4.69) is 10.6 Å². The topological polar surface area (TPSA) is 84.2 Å². The summed E-state index contributed by atoms with van der Waals surface area (Å²) in [5, 5.41) is 5.46. The van der Waals surface area contributed by atoms with Crippen LogP contribution < -0.4 is 16.4 Å². The molecule has 0 saturated heterocycles. The van der Waals surface area contributed by atoms with E-state index < -0.39 is 0 Å². The molecule has 0 radical (unpaired) electrons. The number of rotatable bonds is 6. The average Bonchev–Trinajstić information content (AvgIpc) is 2.65. The van der Waals surface area contributed by atoms with Gasteiger partial charge in [0.1, 0.15) is 0 Å². The van der Waals surface area contributed by atoms with Crippen molar-refractivity contribution in [2.75, 3.05) is 7.05 Å². The van der Waals surface area contributed by atoms with E-state index in [-0.39, 0.29) is 36.2 Å². The van der Waals surface area contributed by atoms with Crippen LogP contribution in [-0.2, 0) is 11.3 Å². The van der Waals surface area contributed by atoms with E-state index in [0.717, 1.165) is 11.1 Å². The van der Waals surface area contributed by atoms with Crippen LogP contribution in [-0.4, -0.2) is 18.9 Å². The lowest BCUT2D eigenvalue weighted by molar-refractivity contribution is -0.125. The van der Waals surface area contributed by atoms with Gasteiger partial charge >= 0.3 is 0 Å². The monoisotopic (exact) mass is 361 g/mol. The minimum atomic E-state index is -0.358. The Labute approximate surface area is 154 Å². The van der Waals surface area contributed by atoms with Gasteiger partial charge < -0.3 is 16.4 Å². The van der Waals surface area contributed by atoms with E-state index in [9.17, 15) is 9.59 Å². The molecule has 0 fully saturated rings. The molecule has 2 aromatic carbocycles. The lowest BCUT2D eigenvalue weighted by atomic mass is 9.94. The Bertz CT molecular complexity index is 707. The Morgan fingerprint density at radius 3 is 2.40 bits per heavy atom. The summed E-state index contributed by atoms with van der Waals surface area (Å²) in [5.74, 6) is -0.617. The third-order valence-corrected chi connectivity index (χ3v) is 4.02. The maximum atomic E-state index is 12.3. The first-order valence-corrected chi connectivity index (χ1v) is 7.92. The molecule has 0 saturated carbocycles. The summed E-state index contributed by atoms with van der Waals surface area (Å²) in [6, 6.07) is 16.4. The highest BCUT2D eigenvalue weighted by molar-refractivity contribution is 5.94. The van der Waals surface area contributed by atoms with Crippen LogP contribution in [0.5, 0.6) is 0 Å². The molecule has 0 aromatic heterocycles. The third-order valence-electron chi connectivity index (χ3n) is 4.02. The Balaban J connectivity index is 0.00000312. The van der Waals surface area contributed by atoms with Gasteiger partial charge in [0.2, 0.25) is 5.91 Å². The lowest BCUT2D eigenvalue weighted by Gasteiger charge is -2.20. The molecule has 2 unspecified atom stereocenters. The van der Waals surface area contributed by atoms with Gasteiger partial charge in [0, 0.05) is 25.2 Å². The van der Waals surface area contributed by atoms with Gasteiger partial charge in [-0.25, -0.2) is 0 Å². The first-order chi connectivity index (χ1) is 11.5. The summed E-state index contributed by atoms with van der Waals surface area (Å²) in [5.41, 5.74) is 8.54. The SMILES string of the molecule is CNC(=O)c1cccc(CNC(=O)C(C)C(N)c2ccccc2)c1.Cl. The molecule has 4 N–H and O–H groups in total.